The molecule has 0 aliphatic heterocycles. The maximum absolute atomic E-state index is 14.0. The van der Waals surface area contributed by atoms with Gasteiger partial charge in [0.25, 0.3) is 0 Å². The number of aromatic nitrogens is 2. The van der Waals surface area contributed by atoms with E-state index in [1.807, 2.05) is 0 Å². The van der Waals surface area contributed by atoms with E-state index < -0.39 is 66.4 Å². The summed E-state index contributed by atoms with van der Waals surface area (Å²) in [5.41, 5.74) is -3.16. The van der Waals surface area contributed by atoms with Crippen molar-refractivity contribution in [1.82, 2.24) is 9.78 Å². The number of hydrogen-bond acceptors (Lipinski definition) is 2. The second kappa shape index (κ2) is 5.09. The summed E-state index contributed by atoms with van der Waals surface area (Å²) in [6.07, 6.45) is -13.8. The molecule has 0 unspecified atom stereocenters. The maximum Gasteiger partial charge on any atom is 0.435 e. The Morgan fingerprint density at radius 1 is 1.13 bits per heavy atom. The Morgan fingerprint density at radius 2 is 1.70 bits per heavy atom. The second-order valence-corrected chi connectivity index (χ2v) is 5.97. The fourth-order valence-corrected chi connectivity index (χ4v) is 3.25. The first-order valence-corrected chi connectivity index (χ1v) is 7.06. The number of aliphatic hydroxyl groups is 1. The van der Waals surface area contributed by atoms with Crippen molar-refractivity contribution in [2.24, 2.45) is 0 Å². The van der Waals surface area contributed by atoms with Crippen LogP contribution in [0.25, 0.3) is 0 Å². The summed E-state index contributed by atoms with van der Waals surface area (Å²) < 4.78 is 93.7. The minimum Gasteiger partial charge on any atom is -0.385 e. The first kappa shape index (κ1) is 16.5. The zero-order valence-electron chi connectivity index (χ0n) is 11.6. The highest BCUT2D eigenvalue weighted by Gasteiger charge is 2.52. The van der Waals surface area contributed by atoms with Crippen LogP contribution in [0.1, 0.15) is 61.0 Å². The Labute approximate surface area is 126 Å². The molecular weight excluding hydrogens is 333 g/mol. The summed E-state index contributed by atoms with van der Waals surface area (Å²) in [6, 6.07) is -0.879. The van der Waals surface area contributed by atoms with E-state index in [1.165, 1.54) is 0 Å². The Kier molecular flexibility index (Phi) is 3.66. The molecule has 1 aromatic rings. The molecule has 0 amide bonds. The molecule has 0 spiro atoms. The Hall–Kier alpha value is -1.32. The highest BCUT2D eigenvalue weighted by molar-refractivity contribution is 5.39. The third kappa shape index (κ3) is 2.60. The third-order valence-corrected chi connectivity index (χ3v) is 4.42. The third-order valence-electron chi connectivity index (χ3n) is 4.42. The molecule has 0 bridgehead atoms. The van der Waals surface area contributed by atoms with Crippen molar-refractivity contribution in [1.29, 1.82) is 0 Å². The van der Waals surface area contributed by atoms with E-state index >= 15 is 0 Å². The lowest BCUT2D eigenvalue weighted by molar-refractivity contribution is -0.143. The molecule has 2 aliphatic carbocycles. The van der Waals surface area contributed by atoms with Crippen LogP contribution in [0.15, 0.2) is 0 Å². The molecule has 3 rings (SSSR count). The van der Waals surface area contributed by atoms with Crippen LogP contribution in [0.4, 0.5) is 30.7 Å². The van der Waals surface area contributed by atoms with Gasteiger partial charge in [0.1, 0.15) is 6.10 Å². The van der Waals surface area contributed by atoms with Crippen LogP contribution in [-0.4, -0.2) is 27.0 Å². The zero-order valence-corrected chi connectivity index (χ0v) is 11.6. The highest BCUT2D eigenvalue weighted by Crippen LogP contribution is 2.50. The monoisotopic (exact) mass is 346 g/mol. The molecule has 3 atom stereocenters. The standard InChI is InChI=1S/C13H13F7N2O/c14-7-8(15)10(23)6-9(7)22(21-11(6)13(18,19)20)5-1-3-12(16,17)4-2-5/h5,7-8,10,23H,1-4H2/t7-,8+,10-/m0/s1. The summed E-state index contributed by atoms with van der Waals surface area (Å²) in [5.74, 6) is -2.92. The number of rotatable bonds is 1. The molecule has 10 heteroatoms. The van der Waals surface area contributed by atoms with Crippen molar-refractivity contribution in [3.63, 3.8) is 0 Å². The lowest BCUT2D eigenvalue weighted by Gasteiger charge is -2.29. The van der Waals surface area contributed by atoms with E-state index in [4.69, 9.17) is 0 Å². The van der Waals surface area contributed by atoms with Crippen LogP contribution in [-0.2, 0) is 6.18 Å². The fraction of sp³-hybridized carbons (Fsp3) is 0.769. The van der Waals surface area contributed by atoms with E-state index in [1.54, 1.807) is 0 Å². The van der Waals surface area contributed by atoms with Crippen molar-refractivity contribution < 1.29 is 35.8 Å². The summed E-state index contributed by atoms with van der Waals surface area (Å²) in [6.45, 7) is 0. The van der Waals surface area contributed by atoms with Gasteiger partial charge in [-0.15, -0.1) is 0 Å². The molecule has 23 heavy (non-hydrogen) atoms. The van der Waals surface area contributed by atoms with Crippen LogP contribution in [0.5, 0.6) is 0 Å². The predicted octanol–water partition coefficient (Wildman–Crippen LogP) is 4.05. The number of fused-ring (bicyclic) bond motifs is 1. The topological polar surface area (TPSA) is 38.1 Å². The molecule has 130 valence electrons. The van der Waals surface area contributed by atoms with Gasteiger partial charge in [-0.3, -0.25) is 4.68 Å². The van der Waals surface area contributed by atoms with Gasteiger partial charge in [-0.05, 0) is 12.8 Å². The Morgan fingerprint density at radius 3 is 2.22 bits per heavy atom. The van der Waals surface area contributed by atoms with Crippen LogP contribution in [0, 0.1) is 0 Å². The van der Waals surface area contributed by atoms with Crippen LogP contribution in [0.2, 0.25) is 0 Å². The maximum atomic E-state index is 14.0. The van der Waals surface area contributed by atoms with Gasteiger partial charge in [0, 0.05) is 18.4 Å². The normalized spacial score (nSPS) is 31.4. The van der Waals surface area contributed by atoms with Gasteiger partial charge in [0.15, 0.2) is 18.0 Å². The van der Waals surface area contributed by atoms with E-state index in [0.717, 1.165) is 0 Å². The molecule has 1 heterocycles. The summed E-state index contributed by atoms with van der Waals surface area (Å²) in [4.78, 5) is 0. The minimum atomic E-state index is -5.00. The van der Waals surface area contributed by atoms with Gasteiger partial charge < -0.3 is 5.11 Å². The van der Waals surface area contributed by atoms with Crippen LogP contribution >= 0.6 is 0 Å². The van der Waals surface area contributed by atoms with Crippen molar-refractivity contribution in [2.75, 3.05) is 0 Å². The van der Waals surface area contributed by atoms with Gasteiger partial charge in [0.2, 0.25) is 5.92 Å². The smallest absolute Gasteiger partial charge is 0.385 e. The molecule has 0 saturated heterocycles. The fourth-order valence-electron chi connectivity index (χ4n) is 3.25. The quantitative estimate of drug-likeness (QED) is 0.779. The zero-order chi connectivity index (χ0) is 17.2. The first-order chi connectivity index (χ1) is 10.5. The molecule has 1 aromatic heterocycles. The van der Waals surface area contributed by atoms with Gasteiger partial charge in [0.05, 0.1) is 11.7 Å². The SMILES string of the molecule is O[C@H]1c2c(C(F)(F)F)nn(C3CCC(F)(F)CC3)c2[C@@H](F)[C@H]1F. The molecule has 0 radical (unpaired) electrons. The van der Waals surface area contributed by atoms with Crippen LogP contribution in [0.3, 0.4) is 0 Å². The summed E-state index contributed by atoms with van der Waals surface area (Å²) in [7, 11) is 0. The molecule has 3 nitrogen and oxygen atoms in total. The van der Waals surface area contributed by atoms with Crippen molar-refractivity contribution in [3.05, 3.63) is 17.0 Å². The minimum absolute atomic E-state index is 0.196. The van der Waals surface area contributed by atoms with Gasteiger partial charge >= 0.3 is 6.18 Å². The molecular formula is C13H13F7N2O. The number of hydrogen-bond donors (Lipinski definition) is 1. The van der Waals surface area contributed by atoms with Crippen molar-refractivity contribution >= 4 is 0 Å². The molecule has 1 saturated carbocycles. The van der Waals surface area contributed by atoms with E-state index in [9.17, 15) is 35.8 Å². The molecule has 1 N–H and O–H groups in total. The first-order valence-electron chi connectivity index (χ1n) is 7.06. The van der Waals surface area contributed by atoms with Crippen LogP contribution < -0.4 is 0 Å². The molecule has 1 fully saturated rings. The second-order valence-electron chi connectivity index (χ2n) is 5.97. The Bertz CT molecular complexity index is 602. The largest absolute Gasteiger partial charge is 0.435 e. The number of halogens is 7. The number of aliphatic hydroxyl groups excluding tert-OH is 1. The Balaban J connectivity index is 2.04. The summed E-state index contributed by atoms with van der Waals surface area (Å²) in [5, 5.41) is 12.9. The average Bonchev–Trinajstić information content (AvgIpc) is 2.93. The highest BCUT2D eigenvalue weighted by atomic mass is 19.4. The lowest BCUT2D eigenvalue weighted by atomic mass is 9.92. The predicted molar refractivity (Wildman–Crippen MR) is 63.4 cm³/mol. The summed E-state index contributed by atoms with van der Waals surface area (Å²) >= 11 is 0. The van der Waals surface area contributed by atoms with Gasteiger partial charge in [-0.1, -0.05) is 0 Å². The van der Waals surface area contributed by atoms with Crippen molar-refractivity contribution in [3.8, 4) is 0 Å². The molecule has 2 aliphatic rings. The van der Waals surface area contributed by atoms with E-state index in [2.05, 4.69) is 5.10 Å². The number of nitrogens with zero attached hydrogens (tertiary/aromatic N) is 2. The van der Waals surface area contributed by atoms with Crippen molar-refractivity contribution in [2.45, 2.75) is 62.3 Å². The number of alkyl halides is 7. The van der Waals surface area contributed by atoms with Gasteiger partial charge in [-0.2, -0.15) is 18.3 Å². The van der Waals surface area contributed by atoms with Gasteiger partial charge in [-0.25, -0.2) is 17.6 Å². The van der Waals surface area contributed by atoms with E-state index in [0.29, 0.717) is 4.68 Å². The average molecular weight is 346 g/mol. The van der Waals surface area contributed by atoms with E-state index in [-0.39, 0.29) is 12.8 Å². The molecule has 0 aromatic carbocycles. The lowest BCUT2D eigenvalue weighted by Crippen LogP contribution is -2.28.